The number of nitrogens with zero attached hydrogens (tertiary/aromatic N) is 2. The quantitative estimate of drug-likeness (QED) is 0.222. The molecular weight excluding hydrogens is 380 g/mol. The summed E-state index contributed by atoms with van der Waals surface area (Å²) in [5.74, 6) is -1.16. The Morgan fingerprint density at radius 1 is 0.759 bits per heavy atom. The van der Waals surface area contributed by atoms with Gasteiger partial charge < -0.3 is 20.4 Å². The fourth-order valence-electron chi connectivity index (χ4n) is 2.16. The van der Waals surface area contributed by atoms with Crippen molar-refractivity contribution in [1.29, 1.82) is 0 Å². The minimum absolute atomic E-state index is 0.0356. The second kappa shape index (κ2) is 10.3. The van der Waals surface area contributed by atoms with Crippen molar-refractivity contribution < 1.29 is 30.0 Å². The van der Waals surface area contributed by atoms with E-state index in [-0.39, 0.29) is 53.4 Å². The van der Waals surface area contributed by atoms with Gasteiger partial charge in [-0.15, -0.1) is 0 Å². The number of aromatic hydroxyl groups is 4. The van der Waals surface area contributed by atoms with Crippen molar-refractivity contribution in [3.8, 4) is 23.0 Å². The first kappa shape index (κ1) is 21.2. The maximum absolute atomic E-state index is 11.7. The zero-order valence-electron chi connectivity index (χ0n) is 15.2. The highest BCUT2D eigenvalue weighted by Gasteiger charge is 2.05. The molecule has 2 aromatic carbocycles. The van der Waals surface area contributed by atoms with Gasteiger partial charge in [0, 0.05) is 24.0 Å². The van der Waals surface area contributed by atoms with Crippen LogP contribution in [0.2, 0.25) is 0 Å². The van der Waals surface area contributed by atoms with Gasteiger partial charge in [-0.05, 0) is 42.8 Å². The molecule has 29 heavy (non-hydrogen) atoms. The molecule has 0 aliphatic rings. The summed E-state index contributed by atoms with van der Waals surface area (Å²) < 4.78 is 0. The van der Waals surface area contributed by atoms with Crippen molar-refractivity contribution in [3.63, 3.8) is 0 Å². The van der Waals surface area contributed by atoms with Crippen LogP contribution < -0.4 is 10.9 Å². The van der Waals surface area contributed by atoms with Gasteiger partial charge in [0.05, 0.1) is 12.4 Å². The summed E-state index contributed by atoms with van der Waals surface area (Å²) in [6.45, 7) is 0. The van der Waals surface area contributed by atoms with E-state index in [9.17, 15) is 30.0 Å². The Morgan fingerprint density at radius 3 is 1.59 bits per heavy atom. The summed E-state index contributed by atoms with van der Waals surface area (Å²) in [4.78, 5) is 23.4. The molecule has 0 spiro atoms. The van der Waals surface area contributed by atoms with Crippen LogP contribution >= 0.6 is 0 Å². The lowest BCUT2D eigenvalue weighted by Gasteiger charge is -2.02. The fraction of sp³-hybridized carbons (Fsp3) is 0.158. The van der Waals surface area contributed by atoms with E-state index in [0.717, 1.165) is 0 Å². The van der Waals surface area contributed by atoms with Gasteiger partial charge in [-0.25, -0.2) is 10.9 Å². The van der Waals surface area contributed by atoms with Crippen molar-refractivity contribution >= 4 is 24.2 Å². The highest BCUT2D eigenvalue weighted by atomic mass is 16.3. The normalized spacial score (nSPS) is 11.0. The number of phenolic OH excluding ortho intramolecular Hbond substituents is 4. The average Bonchev–Trinajstić information content (AvgIpc) is 2.67. The Labute approximate surface area is 165 Å². The van der Waals surface area contributed by atoms with Gasteiger partial charge in [0.25, 0.3) is 0 Å². The summed E-state index contributed by atoms with van der Waals surface area (Å²) in [6, 6.07) is 7.78. The lowest BCUT2D eigenvalue weighted by molar-refractivity contribution is -0.122. The van der Waals surface area contributed by atoms with E-state index in [1.54, 1.807) is 0 Å². The number of amides is 2. The number of rotatable bonds is 8. The van der Waals surface area contributed by atoms with E-state index in [4.69, 9.17) is 0 Å². The number of hydrogen-bond acceptors (Lipinski definition) is 8. The topological polar surface area (TPSA) is 164 Å². The molecule has 0 heterocycles. The largest absolute Gasteiger partial charge is 0.508 e. The average molecular weight is 400 g/mol. The number of benzene rings is 2. The monoisotopic (exact) mass is 400 g/mol. The van der Waals surface area contributed by atoms with Crippen LogP contribution in [0.25, 0.3) is 0 Å². The van der Waals surface area contributed by atoms with Crippen molar-refractivity contribution in [1.82, 2.24) is 10.9 Å². The van der Waals surface area contributed by atoms with Crippen molar-refractivity contribution in [2.75, 3.05) is 0 Å². The van der Waals surface area contributed by atoms with Crippen LogP contribution in [-0.4, -0.2) is 44.7 Å². The predicted molar refractivity (Wildman–Crippen MR) is 105 cm³/mol. The minimum atomic E-state index is -0.429. The molecule has 0 saturated carbocycles. The standard InChI is InChI=1S/C19H20N4O6/c24-14-4-6-16(26)12(8-14)10-20-22-18(28)2-1-3-19(29)23-21-11-13-9-15(25)5-7-17(13)27/h4-11,24-27H,1-3H2,(H,22,28)(H,23,29). The summed E-state index contributed by atoms with van der Waals surface area (Å²) >= 11 is 0. The van der Waals surface area contributed by atoms with E-state index in [1.165, 1.54) is 48.8 Å². The Bertz CT molecular complexity index is 867. The molecular formula is C19H20N4O6. The van der Waals surface area contributed by atoms with Crippen LogP contribution in [-0.2, 0) is 9.59 Å². The van der Waals surface area contributed by atoms with Crippen molar-refractivity contribution in [3.05, 3.63) is 47.5 Å². The van der Waals surface area contributed by atoms with Gasteiger partial charge in [-0.1, -0.05) is 0 Å². The molecule has 2 aromatic rings. The third-order valence-corrected chi connectivity index (χ3v) is 3.62. The smallest absolute Gasteiger partial charge is 0.240 e. The fourth-order valence-corrected chi connectivity index (χ4v) is 2.16. The van der Waals surface area contributed by atoms with Crippen LogP contribution in [0, 0.1) is 0 Å². The van der Waals surface area contributed by atoms with E-state index in [1.807, 2.05) is 0 Å². The maximum atomic E-state index is 11.7. The number of carbonyl (C=O) groups is 2. The van der Waals surface area contributed by atoms with Gasteiger partial charge >= 0.3 is 0 Å². The summed E-state index contributed by atoms with van der Waals surface area (Å²) in [5.41, 5.74) is 4.98. The zero-order chi connectivity index (χ0) is 21.2. The first-order valence-electron chi connectivity index (χ1n) is 8.53. The van der Waals surface area contributed by atoms with Gasteiger partial charge in [0.15, 0.2) is 0 Å². The first-order valence-corrected chi connectivity index (χ1v) is 8.53. The van der Waals surface area contributed by atoms with E-state index in [0.29, 0.717) is 0 Å². The second-order valence-corrected chi connectivity index (χ2v) is 5.93. The van der Waals surface area contributed by atoms with Gasteiger partial charge in [0.2, 0.25) is 11.8 Å². The number of phenols is 4. The highest BCUT2D eigenvalue weighted by molar-refractivity contribution is 5.86. The number of hydrazone groups is 2. The molecule has 0 aromatic heterocycles. The molecule has 152 valence electrons. The van der Waals surface area contributed by atoms with Gasteiger partial charge in [-0.3, -0.25) is 9.59 Å². The minimum Gasteiger partial charge on any atom is -0.508 e. The molecule has 0 aliphatic carbocycles. The van der Waals surface area contributed by atoms with Crippen LogP contribution in [0.15, 0.2) is 46.6 Å². The molecule has 0 aliphatic heterocycles. The number of carbonyl (C=O) groups excluding carboxylic acids is 2. The van der Waals surface area contributed by atoms with E-state index < -0.39 is 11.8 Å². The molecule has 0 atom stereocenters. The number of nitrogens with one attached hydrogen (secondary N) is 2. The van der Waals surface area contributed by atoms with Gasteiger partial charge in [-0.2, -0.15) is 10.2 Å². The molecule has 0 bridgehead atoms. The van der Waals surface area contributed by atoms with Crippen LogP contribution in [0.1, 0.15) is 30.4 Å². The van der Waals surface area contributed by atoms with Crippen molar-refractivity contribution in [2.24, 2.45) is 10.2 Å². The Morgan fingerprint density at radius 2 is 1.17 bits per heavy atom. The lowest BCUT2D eigenvalue weighted by Crippen LogP contribution is -2.20. The summed E-state index contributed by atoms with van der Waals surface area (Å²) in [6.07, 6.45) is 2.69. The summed E-state index contributed by atoms with van der Waals surface area (Å²) in [7, 11) is 0. The Hall–Kier alpha value is -4.08. The van der Waals surface area contributed by atoms with Crippen molar-refractivity contribution in [2.45, 2.75) is 19.3 Å². The SMILES string of the molecule is O=C(CCCC(=O)NN=Cc1cc(O)ccc1O)NN=Cc1cc(O)ccc1O. The van der Waals surface area contributed by atoms with Crippen LogP contribution in [0.5, 0.6) is 23.0 Å². The van der Waals surface area contributed by atoms with E-state index >= 15 is 0 Å². The van der Waals surface area contributed by atoms with Crippen LogP contribution in [0.3, 0.4) is 0 Å². The molecule has 6 N–H and O–H groups in total. The molecule has 10 nitrogen and oxygen atoms in total. The van der Waals surface area contributed by atoms with Gasteiger partial charge in [0.1, 0.15) is 23.0 Å². The third-order valence-electron chi connectivity index (χ3n) is 3.62. The highest BCUT2D eigenvalue weighted by Crippen LogP contribution is 2.20. The van der Waals surface area contributed by atoms with Crippen LogP contribution in [0.4, 0.5) is 0 Å². The second-order valence-electron chi connectivity index (χ2n) is 5.93. The molecule has 0 fully saturated rings. The molecule has 0 radical (unpaired) electrons. The Kier molecular flexibility index (Phi) is 7.54. The van der Waals surface area contributed by atoms with E-state index in [2.05, 4.69) is 21.1 Å². The first-order chi connectivity index (χ1) is 13.8. The maximum Gasteiger partial charge on any atom is 0.240 e. The summed E-state index contributed by atoms with van der Waals surface area (Å²) in [5, 5.41) is 45.2. The molecule has 2 amide bonds. The molecule has 10 heteroatoms. The zero-order valence-corrected chi connectivity index (χ0v) is 15.2. The molecule has 2 rings (SSSR count). The Balaban J connectivity index is 1.69. The third kappa shape index (κ3) is 7.21. The molecule has 0 saturated heterocycles. The number of hydrogen-bond donors (Lipinski definition) is 6. The molecule has 0 unspecified atom stereocenters. The lowest BCUT2D eigenvalue weighted by atomic mass is 10.2. The predicted octanol–water partition coefficient (Wildman–Crippen LogP) is 1.28.